The molecule has 0 radical (unpaired) electrons. The van der Waals surface area contributed by atoms with Crippen molar-refractivity contribution in [2.24, 2.45) is 11.0 Å². The van der Waals surface area contributed by atoms with Gasteiger partial charge in [-0.3, -0.25) is 5.43 Å². The van der Waals surface area contributed by atoms with E-state index in [1.54, 1.807) is 6.92 Å². The predicted octanol–water partition coefficient (Wildman–Crippen LogP) is 3.83. The number of nitrogens with one attached hydrogen (secondary N) is 1. The van der Waals surface area contributed by atoms with Gasteiger partial charge in [-0.15, -0.1) is 0 Å². The lowest BCUT2D eigenvalue weighted by Gasteiger charge is -2.07. The van der Waals surface area contributed by atoms with Crippen molar-refractivity contribution in [2.75, 3.05) is 5.43 Å². The monoisotopic (exact) mass is 266 g/mol. The van der Waals surface area contributed by atoms with Gasteiger partial charge in [-0.2, -0.15) is 5.10 Å². The quantitative estimate of drug-likeness (QED) is 0.289. The minimum atomic E-state index is -2.19. The Hall–Kier alpha value is -1.66. The average molecular weight is 266 g/mol. The zero-order valence-corrected chi connectivity index (χ0v) is 9.70. The van der Waals surface area contributed by atoms with Crippen molar-refractivity contribution in [3.05, 3.63) is 29.1 Å². The first-order chi connectivity index (χ1) is 8.40. The second kappa shape index (κ2) is 5.79. The Morgan fingerprint density at radius 1 is 1.00 bits per heavy atom. The predicted molar refractivity (Wildman–Crippen MR) is 57.8 cm³/mol. The fourth-order valence-electron chi connectivity index (χ4n) is 1.04. The van der Waals surface area contributed by atoms with Crippen LogP contribution in [-0.2, 0) is 0 Å². The van der Waals surface area contributed by atoms with Gasteiger partial charge in [0.25, 0.3) is 0 Å². The van der Waals surface area contributed by atoms with Crippen LogP contribution in [0.25, 0.3) is 0 Å². The summed E-state index contributed by atoms with van der Waals surface area (Å²) in [6.07, 6.45) is 2.04. The summed E-state index contributed by atoms with van der Waals surface area (Å²) in [5.74, 6) is -10.1. The summed E-state index contributed by atoms with van der Waals surface area (Å²) in [6.45, 7) is 3.64. The zero-order valence-electron chi connectivity index (χ0n) is 9.70. The molecule has 1 rings (SSSR count). The molecule has 7 heteroatoms. The van der Waals surface area contributed by atoms with Crippen molar-refractivity contribution in [2.45, 2.75) is 20.3 Å². The molecule has 0 heterocycles. The van der Waals surface area contributed by atoms with E-state index < -0.39 is 34.8 Å². The molecular formula is C11H11F5N2. The first-order valence-corrected chi connectivity index (χ1v) is 5.20. The summed E-state index contributed by atoms with van der Waals surface area (Å²) in [7, 11) is 0. The van der Waals surface area contributed by atoms with E-state index >= 15 is 0 Å². The Morgan fingerprint density at radius 3 is 1.89 bits per heavy atom. The highest BCUT2D eigenvalue weighted by Crippen LogP contribution is 2.26. The maximum Gasteiger partial charge on any atom is 0.200 e. The summed E-state index contributed by atoms with van der Waals surface area (Å²) < 4.78 is 64.6. The highest BCUT2D eigenvalue weighted by molar-refractivity contribution is 5.62. The molecule has 18 heavy (non-hydrogen) atoms. The maximum absolute atomic E-state index is 13.2. The van der Waals surface area contributed by atoms with Gasteiger partial charge in [0.05, 0.1) is 0 Å². The molecule has 0 saturated heterocycles. The smallest absolute Gasteiger partial charge is 0.200 e. The van der Waals surface area contributed by atoms with Gasteiger partial charge in [0.2, 0.25) is 5.82 Å². The maximum atomic E-state index is 13.2. The van der Waals surface area contributed by atoms with E-state index in [-0.39, 0.29) is 5.92 Å². The number of rotatable bonds is 4. The molecule has 0 aliphatic rings. The van der Waals surface area contributed by atoms with Crippen molar-refractivity contribution in [1.82, 2.24) is 0 Å². The van der Waals surface area contributed by atoms with Crippen LogP contribution in [0.15, 0.2) is 5.10 Å². The van der Waals surface area contributed by atoms with E-state index in [0.717, 1.165) is 6.42 Å². The SMILES string of the molecule is CCC(C)C=NNc1c(F)c(F)c(F)c(F)c1F. The molecule has 1 unspecified atom stereocenters. The summed E-state index contributed by atoms with van der Waals surface area (Å²) in [6, 6.07) is 0. The van der Waals surface area contributed by atoms with Gasteiger partial charge in [0.15, 0.2) is 23.3 Å². The molecule has 2 nitrogen and oxygen atoms in total. The van der Waals surface area contributed by atoms with Crippen molar-refractivity contribution >= 4 is 11.9 Å². The third kappa shape index (κ3) is 2.77. The van der Waals surface area contributed by atoms with E-state index in [4.69, 9.17) is 0 Å². The molecule has 0 bridgehead atoms. The fourth-order valence-corrected chi connectivity index (χ4v) is 1.04. The topological polar surface area (TPSA) is 24.4 Å². The third-order valence-electron chi connectivity index (χ3n) is 2.36. The normalized spacial score (nSPS) is 13.1. The Bertz CT molecular complexity index is 444. The lowest BCUT2D eigenvalue weighted by molar-refractivity contribution is 0.381. The number of halogens is 5. The molecule has 0 fully saturated rings. The standard InChI is InChI=1S/C11H11F5N2/c1-3-5(2)4-17-18-11-9(15)7(13)6(12)8(14)10(11)16/h4-5,18H,3H2,1-2H3. The molecule has 1 aromatic rings. The van der Waals surface area contributed by atoms with E-state index in [1.807, 2.05) is 12.3 Å². The number of hydrazone groups is 1. The van der Waals surface area contributed by atoms with E-state index in [0.29, 0.717) is 0 Å². The Morgan fingerprint density at radius 2 is 1.44 bits per heavy atom. The van der Waals surface area contributed by atoms with Gasteiger partial charge >= 0.3 is 0 Å². The average Bonchev–Trinajstić information content (AvgIpc) is 2.37. The second-order valence-corrected chi connectivity index (χ2v) is 3.72. The lowest BCUT2D eigenvalue weighted by atomic mass is 10.1. The number of hydrogen-bond donors (Lipinski definition) is 1. The minimum Gasteiger partial charge on any atom is -0.273 e. The third-order valence-corrected chi connectivity index (χ3v) is 2.36. The van der Waals surface area contributed by atoms with Crippen molar-refractivity contribution in [3.8, 4) is 0 Å². The molecule has 1 atom stereocenters. The van der Waals surface area contributed by atoms with Crippen LogP contribution in [0.2, 0.25) is 0 Å². The molecule has 0 aromatic heterocycles. The lowest BCUT2D eigenvalue weighted by Crippen LogP contribution is -2.07. The molecule has 1 N–H and O–H groups in total. The van der Waals surface area contributed by atoms with Crippen molar-refractivity contribution < 1.29 is 22.0 Å². The van der Waals surface area contributed by atoms with Gasteiger partial charge in [-0.25, -0.2) is 22.0 Å². The highest BCUT2D eigenvalue weighted by Gasteiger charge is 2.25. The minimum absolute atomic E-state index is 0.0127. The zero-order chi connectivity index (χ0) is 13.9. The summed E-state index contributed by atoms with van der Waals surface area (Å²) >= 11 is 0. The second-order valence-electron chi connectivity index (χ2n) is 3.72. The molecule has 0 spiro atoms. The molecule has 0 aliphatic heterocycles. The Labute approximate surface area is 100 Å². The van der Waals surface area contributed by atoms with Gasteiger partial charge < -0.3 is 0 Å². The molecule has 0 aliphatic carbocycles. The van der Waals surface area contributed by atoms with E-state index in [9.17, 15) is 22.0 Å². The number of hydrogen-bond acceptors (Lipinski definition) is 2. The molecular weight excluding hydrogens is 255 g/mol. The van der Waals surface area contributed by atoms with E-state index in [1.165, 1.54) is 6.21 Å². The largest absolute Gasteiger partial charge is 0.273 e. The van der Waals surface area contributed by atoms with Gasteiger partial charge in [0.1, 0.15) is 5.69 Å². The summed E-state index contributed by atoms with van der Waals surface area (Å²) in [5, 5.41) is 3.44. The highest BCUT2D eigenvalue weighted by atomic mass is 19.2. The number of nitrogens with zero attached hydrogens (tertiary/aromatic N) is 1. The Balaban J connectivity index is 3.07. The van der Waals surface area contributed by atoms with Crippen LogP contribution in [0.5, 0.6) is 0 Å². The van der Waals surface area contributed by atoms with Crippen LogP contribution < -0.4 is 5.43 Å². The van der Waals surface area contributed by atoms with Crippen LogP contribution in [-0.4, -0.2) is 6.21 Å². The molecule has 0 saturated carbocycles. The fraction of sp³-hybridized carbons (Fsp3) is 0.364. The van der Waals surface area contributed by atoms with Crippen molar-refractivity contribution in [3.63, 3.8) is 0 Å². The molecule has 1 aromatic carbocycles. The van der Waals surface area contributed by atoms with Crippen molar-refractivity contribution in [1.29, 1.82) is 0 Å². The van der Waals surface area contributed by atoms with Gasteiger partial charge in [-0.05, 0) is 12.3 Å². The first kappa shape index (κ1) is 14.4. The van der Waals surface area contributed by atoms with Crippen LogP contribution in [0, 0.1) is 35.0 Å². The Kier molecular flexibility index (Phi) is 4.63. The van der Waals surface area contributed by atoms with Gasteiger partial charge in [-0.1, -0.05) is 13.8 Å². The number of benzene rings is 1. The van der Waals surface area contributed by atoms with Crippen LogP contribution >= 0.6 is 0 Å². The van der Waals surface area contributed by atoms with Crippen LogP contribution in [0.4, 0.5) is 27.6 Å². The first-order valence-electron chi connectivity index (χ1n) is 5.20. The molecule has 100 valence electrons. The van der Waals surface area contributed by atoms with Gasteiger partial charge in [0, 0.05) is 6.21 Å². The van der Waals surface area contributed by atoms with Crippen LogP contribution in [0.3, 0.4) is 0 Å². The van der Waals surface area contributed by atoms with Crippen LogP contribution in [0.1, 0.15) is 20.3 Å². The van der Waals surface area contributed by atoms with E-state index in [2.05, 4.69) is 5.10 Å². The summed E-state index contributed by atoms with van der Waals surface area (Å²) in [5.41, 5.74) is 0.667. The molecule has 0 amide bonds. The summed E-state index contributed by atoms with van der Waals surface area (Å²) in [4.78, 5) is 0. The number of anilines is 1.